The van der Waals surface area contributed by atoms with Gasteiger partial charge in [0.1, 0.15) is 0 Å². The van der Waals surface area contributed by atoms with Crippen LogP contribution in [0.2, 0.25) is 0 Å². The molecule has 1 aliphatic heterocycles. The van der Waals surface area contributed by atoms with Crippen LogP contribution in [0.25, 0.3) is 10.8 Å². The monoisotopic (exact) mass is 414 g/mol. The molecule has 4 rings (SSSR count). The van der Waals surface area contributed by atoms with Crippen LogP contribution >= 0.6 is 0 Å². The predicted octanol–water partition coefficient (Wildman–Crippen LogP) is 4.65. The quantitative estimate of drug-likeness (QED) is 0.504. The molecule has 31 heavy (non-hydrogen) atoms. The third kappa shape index (κ3) is 4.22. The highest BCUT2D eigenvalue weighted by molar-refractivity contribution is 6.25. The Labute approximate surface area is 182 Å². The number of unbranched alkanes of at least 4 members (excludes halogenated alkanes) is 1. The van der Waals surface area contributed by atoms with Gasteiger partial charge >= 0.3 is 0 Å². The Morgan fingerprint density at radius 3 is 2.13 bits per heavy atom. The van der Waals surface area contributed by atoms with Crippen molar-refractivity contribution in [3.8, 4) is 0 Å². The molecule has 1 aliphatic rings. The summed E-state index contributed by atoms with van der Waals surface area (Å²) in [5.74, 6) is -0.546. The maximum atomic E-state index is 13.1. The molecule has 158 valence electrons. The first kappa shape index (κ1) is 20.8. The van der Waals surface area contributed by atoms with Crippen LogP contribution in [-0.2, 0) is 11.3 Å². The molecule has 3 aromatic rings. The molecule has 0 N–H and O–H groups in total. The van der Waals surface area contributed by atoms with Gasteiger partial charge in [-0.3, -0.25) is 19.3 Å². The molecule has 0 atom stereocenters. The second-order valence-corrected chi connectivity index (χ2v) is 7.88. The Kier molecular flexibility index (Phi) is 6.12. The third-order valence-electron chi connectivity index (χ3n) is 5.76. The van der Waals surface area contributed by atoms with Gasteiger partial charge < -0.3 is 4.90 Å². The number of carbonyl (C=O) groups excluding carboxylic acids is 3. The van der Waals surface area contributed by atoms with Gasteiger partial charge in [0.05, 0.1) is 0 Å². The molecular formula is C26H26N2O3. The van der Waals surface area contributed by atoms with E-state index < -0.39 is 0 Å². The minimum absolute atomic E-state index is 0.0464. The van der Waals surface area contributed by atoms with Crippen molar-refractivity contribution in [3.63, 3.8) is 0 Å². The van der Waals surface area contributed by atoms with Gasteiger partial charge in [-0.15, -0.1) is 0 Å². The Morgan fingerprint density at radius 1 is 0.871 bits per heavy atom. The van der Waals surface area contributed by atoms with Crippen molar-refractivity contribution in [1.82, 2.24) is 9.80 Å². The van der Waals surface area contributed by atoms with Gasteiger partial charge in [-0.05, 0) is 29.5 Å². The number of benzene rings is 3. The standard InChI is InChI=1S/C26H26N2O3/c1-2-3-15-23(29)27(18-19-9-5-4-6-10-19)16-17-28-25(30)21-13-7-11-20-12-8-14-22(24(20)21)26(28)31/h4-14H,2-3,15-18H2,1H3. The Bertz CT molecular complexity index is 1070. The highest BCUT2D eigenvalue weighted by atomic mass is 16.2. The van der Waals surface area contributed by atoms with E-state index in [1.165, 1.54) is 4.90 Å². The van der Waals surface area contributed by atoms with Crippen molar-refractivity contribution in [1.29, 1.82) is 0 Å². The lowest BCUT2D eigenvalue weighted by atomic mass is 9.94. The van der Waals surface area contributed by atoms with Crippen LogP contribution in [0.5, 0.6) is 0 Å². The molecule has 0 aliphatic carbocycles. The van der Waals surface area contributed by atoms with E-state index in [1.54, 1.807) is 17.0 Å². The fourth-order valence-electron chi connectivity index (χ4n) is 4.09. The number of rotatable bonds is 8. The van der Waals surface area contributed by atoms with E-state index in [9.17, 15) is 14.4 Å². The first-order chi connectivity index (χ1) is 15.1. The average molecular weight is 415 g/mol. The molecule has 0 aromatic heterocycles. The largest absolute Gasteiger partial charge is 0.337 e. The zero-order chi connectivity index (χ0) is 21.8. The van der Waals surface area contributed by atoms with E-state index in [2.05, 4.69) is 6.92 Å². The number of carbonyl (C=O) groups is 3. The first-order valence-electron chi connectivity index (χ1n) is 10.8. The lowest BCUT2D eigenvalue weighted by molar-refractivity contribution is -0.132. The van der Waals surface area contributed by atoms with Crippen LogP contribution in [0.1, 0.15) is 52.5 Å². The molecule has 0 spiro atoms. The third-order valence-corrected chi connectivity index (χ3v) is 5.76. The summed E-state index contributed by atoms with van der Waals surface area (Å²) in [6.45, 7) is 3.00. The Balaban J connectivity index is 1.56. The van der Waals surface area contributed by atoms with E-state index in [1.807, 2.05) is 54.6 Å². The van der Waals surface area contributed by atoms with Gasteiger partial charge in [0.15, 0.2) is 0 Å². The molecular weight excluding hydrogens is 388 g/mol. The number of hydrogen-bond donors (Lipinski definition) is 0. The molecule has 0 bridgehead atoms. The number of amides is 3. The molecule has 0 saturated heterocycles. The highest BCUT2D eigenvalue weighted by Crippen LogP contribution is 2.29. The summed E-state index contributed by atoms with van der Waals surface area (Å²) in [4.78, 5) is 42.1. The van der Waals surface area contributed by atoms with Gasteiger partial charge in [-0.25, -0.2) is 0 Å². The summed E-state index contributed by atoms with van der Waals surface area (Å²) in [6.07, 6.45) is 2.23. The number of hydrogen-bond acceptors (Lipinski definition) is 3. The number of nitrogens with zero attached hydrogens (tertiary/aromatic N) is 2. The molecule has 0 saturated carbocycles. The normalized spacial score (nSPS) is 13.0. The predicted molar refractivity (Wildman–Crippen MR) is 121 cm³/mol. The lowest BCUT2D eigenvalue weighted by Crippen LogP contribution is -2.45. The van der Waals surface area contributed by atoms with Crippen molar-refractivity contribution in [2.45, 2.75) is 32.7 Å². The minimum Gasteiger partial charge on any atom is -0.337 e. The SMILES string of the molecule is CCCCC(=O)N(CCN1C(=O)c2cccc3cccc(c23)C1=O)Cc1ccccc1. The zero-order valence-corrected chi connectivity index (χ0v) is 17.7. The number of imide groups is 1. The molecule has 0 fully saturated rings. The summed E-state index contributed by atoms with van der Waals surface area (Å²) >= 11 is 0. The van der Waals surface area contributed by atoms with Crippen LogP contribution in [0, 0.1) is 0 Å². The summed E-state index contributed by atoms with van der Waals surface area (Å²) in [5, 5.41) is 1.60. The second-order valence-electron chi connectivity index (χ2n) is 7.88. The minimum atomic E-state index is -0.296. The van der Waals surface area contributed by atoms with Crippen LogP contribution in [-0.4, -0.2) is 40.6 Å². The van der Waals surface area contributed by atoms with Crippen molar-refractivity contribution in [2.75, 3.05) is 13.1 Å². The van der Waals surface area contributed by atoms with Crippen molar-refractivity contribution in [2.24, 2.45) is 0 Å². The van der Waals surface area contributed by atoms with E-state index in [4.69, 9.17) is 0 Å². The summed E-state index contributed by atoms with van der Waals surface area (Å²) < 4.78 is 0. The molecule has 0 radical (unpaired) electrons. The van der Waals surface area contributed by atoms with Gasteiger partial charge in [-0.2, -0.15) is 0 Å². The average Bonchev–Trinajstić information content (AvgIpc) is 2.80. The first-order valence-corrected chi connectivity index (χ1v) is 10.8. The highest BCUT2D eigenvalue weighted by Gasteiger charge is 2.32. The molecule has 5 heteroatoms. The molecule has 3 amide bonds. The van der Waals surface area contributed by atoms with E-state index in [-0.39, 0.29) is 24.3 Å². The Hall–Kier alpha value is -3.47. The maximum Gasteiger partial charge on any atom is 0.261 e. The fraction of sp³-hybridized carbons (Fsp3) is 0.269. The van der Waals surface area contributed by atoms with Crippen LogP contribution < -0.4 is 0 Å². The van der Waals surface area contributed by atoms with Gasteiger partial charge in [0.25, 0.3) is 11.8 Å². The smallest absolute Gasteiger partial charge is 0.261 e. The molecule has 0 unspecified atom stereocenters. The molecule has 1 heterocycles. The molecule has 3 aromatic carbocycles. The zero-order valence-electron chi connectivity index (χ0n) is 17.7. The Morgan fingerprint density at radius 2 is 1.52 bits per heavy atom. The van der Waals surface area contributed by atoms with Crippen molar-refractivity contribution < 1.29 is 14.4 Å². The maximum absolute atomic E-state index is 13.1. The van der Waals surface area contributed by atoms with E-state index in [0.717, 1.165) is 29.2 Å². The van der Waals surface area contributed by atoms with Crippen LogP contribution in [0.15, 0.2) is 66.7 Å². The summed E-state index contributed by atoms with van der Waals surface area (Å²) in [5.41, 5.74) is 2.11. The second kappa shape index (κ2) is 9.13. The van der Waals surface area contributed by atoms with Gasteiger partial charge in [-0.1, -0.05) is 67.9 Å². The van der Waals surface area contributed by atoms with Crippen LogP contribution in [0.3, 0.4) is 0 Å². The van der Waals surface area contributed by atoms with Gasteiger partial charge in [0.2, 0.25) is 5.91 Å². The van der Waals surface area contributed by atoms with E-state index >= 15 is 0 Å². The summed E-state index contributed by atoms with van der Waals surface area (Å²) in [7, 11) is 0. The summed E-state index contributed by atoms with van der Waals surface area (Å²) in [6, 6.07) is 20.8. The lowest BCUT2D eigenvalue weighted by Gasteiger charge is -2.30. The molecule has 5 nitrogen and oxygen atoms in total. The van der Waals surface area contributed by atoms with Crippen molar-refractivity contribution >= 4 is 28.5 Å². The fourth-order valence-corrected chi connectivity index (χ4v) is 4.09. The van der Waals surface area contributed by atoms with Crippen LogP contribution in [0.4, 0.5) is 0 Å². The van der Waals surface area contributed by atoms with E-state index in [0.29, 0.717) is 30.6 Å². The van der Waals surface area contributed by atoms with Crippen molar-refractivity contribution in [3.05, 3.63) is 83.4 Å². The van der Waals surface area contributed by atoms with Gasteiger partial charge in [0, 0.05) is 42.6 Å². The topological polar surface area (TPSA) is 57.7 Å².